The molecule has 24 heavy (non-hydrogen) atoms. The number of nitrogens with one attached hydrogen (secondary N) is 2. The van der Waals surface area contributed by atoms with Crippen LogP contribution in [-0.4, -0.2) is 34.9 Å². The summed E-state index contributed by atoms with van der Waals surface area (Å²) in [6.07, 6.45) is 7.91. The van der Waals surface area contributed by atoms with Crippen molar-refractivity contribution < 1.29 is 4.79 Å². The third-order valence-electron chi connectivity index (χ3n) is 3.85. The average Bonchev–Trinajstić information content (AvgIpc) is 3.07. The molecule has 0 spiro atoms. The molecular weight excluding hydrogens is 304 g/mol. The molecule has 1 aromatic heterocycles. The van der Waals surface area contributed by atoms with Crippen LogP contribution in [0.15, 0.2) is 41.8 Å². The maximum atomic E-state index is 11.8. The van der Waals surface area contributed by atoms with Gasteiger partial charge >= 0.3 is 0 Å². The SMILES string of the molecule is NC(=NCCNC(=O)c1cnccn1)Nc1ccc2c(c1)CCC2. The highest BCUT2D eigenvalue weighted by molar-refractivity contribution is 5.93. The van der Waals surface area contributed by atoms with Gasteiger partial charge in [0.25, 0.3) is 5.91 Å². The maximum Gasteiger partial charge on any atom is 0.271 e. The summed E-state index contributed by atoms with van der Waals surface area (Å²) >= 11 is 0. The van der Waals surface area contributed by atoms with Gasteiger partial charge in [0.05, 0.1) is 12.7 Å². The number of carbonyl (C=O) groups is 1. The quantitative estimate of drug-likeness (QED) is 0.434. The first-order valence-electron chi connectivity index (χ1n) is 7.95. The van der Waals surface area contributed by atoms with Gasteiger partial charge in [-0.3, -0.25) is 14.8 Å². The van der Waals surface area contributed by atoms with Gasteiger partial charge in [0.1, 0.15) is 5.69 Å². The highest BCUT2D eigenvalue weighted by atomic mass is 16.1. The molecule has 1 amide bonds. The highest BCUT2D eigenvalue weighted by Crippen LogP contribution is 2.24. The standard InChI is InChI=1S/C17H20N6O/c18-17(23-14-5-4-12-2-1-3-13(12)10-14)22-9-8-21-16(24)15-11-19-6-7-20-15/h4-7,10-11H,1-3,8-9H2,(H,21,24)(H3,18,22,23). The molecule has 1 aliphatic carbocycles. The Labute approximate surface area is 140 Å². The Morgan fingerprint density at radius 3 is 2.96 bits per heavy atom. The fourth-order valence-corrected chi connectivity index (χ4v) is 2.69. The largest absolute Gasteiger partial charge is 0.370 e. The number of hydrogen-bond donors (Lipinski definition) is 3. The summed E-state index contributed by atoms with van der Waals surface area (Å²) in [6.45, 7) is 0.762. The lowest BCUT2D eigenvalue weighted by Gasteiger charge is -2.08. The molecule has 7 heteroatoms. The Kier molecular flexibility index (Phi) is 5.00. The van der Waals surface area contributed by atoms with Crippen molar-refractivity contribution in [2.45, 2.75) is 19.3 Å². The summed E-state index contributed by atoms with van der Waals surface area (Å²) in [5, 5.41) is 5.80. The number of rotatable bonds is 5. The van der Waals surface area contributed by atoms with Crippen molar-refractivity contribution in [1.82, 2.24) is 15.3 Å². The van der Waals surface area contributed by atoms with E-state index < -0.39 is 0 Å². The third-order valence-corrected chi connectivity index (χ3v) is 3.85. The van der Waals surface area contributed by atoms with Crippen LogP contribution in [0.3, 0.4) is 0 Å². The second-order valence-electron chi connectivity index (χ2n) is 5.58. The molecule has 4 N–H and O–H groups in total. The summed E-state index contributed by atoms with van der Waals surface area (Å²) in [5.74, 6) is 0.0603. The van der Waals surface area contributed by atoms with E-state index in [9.17, 15) is 4.79 Å². The van der Waals surface area contributed by atoms with Crippen LogP contribution in [0.2, 0.25) is 0 Å². The smallest absolute Gasteiger partial charge is 0.271 e. The lowest BCUT2D eigenvalue weighted by atomic mass is 10.1. The number of carbonyl (C=O) groups excluding carboxylic acids is 1. The van der Waals surface area contributed by atoms with Crippen molar-refractivity contribution in [3.8, 4) is 0 Å². The van der Waals surface area contributed by atoms with Crippen LogP contribution < -0.4 is 16.4 Å². The summed E-state index contributed by atoms with van der Waals surface area (Å²) in [5.41, 5.74) is 9.91. The fourth-order valence-electron chi connectivity index (χ4n) is 2.69. The molecular formula is C17H20N6O. The van der Waals surface area contributed by atoms with E-state index in [1.54, 1.807) is 0 Å². The van der Waals surface area contributed by atoms with E-state index in [-0.39, 0.29) is 11.6 Å². The zero-order valence-corrected chi connectivity index (χ0v) is 13.3. The normalized spacial score (nSPS) is 13.4. The molecule has 0 radical (unpaired) electrons. The van der Waals surface area contributed by atoms with Crippen LogP contribution in [0, 0.1) is 0 Å². The summed E-state index contributed by atoms with van der Waals surface area (Å²) < 4.78 is 0. The number of aromatic nitrogens is 2. The molecule has 0 bridgehead atoms. The Bertz CT molecular complexity index is 744. The minimum absolute atomic E-state index is 0.275. The molecule has 0 atom stereocenters. The first kappa shape index (κ1) is 15.9. The zero-order valence-electron chi connectivity index (χ0n) is 13.3. The molecule has 0 unspecified atom stereocenters. The predicted molar refractivity (Wildman–Crippen MR) is 92.9 cm³/mol. The van der Waals surface area contributed by atoms with E-state index in [0.29, 0.717) is 19.0 Å². The molecule has 7 nitrogen and oxygen atoms in total. The lowest BCUT2D eigenvalue weighted by Crippen LogP contribution is -2.29. The topological polar surface area (TPSA) is 105 Å². The Hall–Kier alpha value is -2.96. The number of amides is 1. The van der Waals surface area contributed by atoms with Gasteiger partial charge in [-0.25, -0.2) is 4.98 Å². The van der Waals surface area contributed by atoms with Crippen molar-refractivity contribution in [1.29, 1.82) is 0 Å². The van der Waals surface area contributed by atoms with Gasteiger partial charge < -0.3 is 16.4 Å². The molecule has 0 aliphatic heterocycles. The van der Waals surface area contributed by atoms with Gasteiger partial charge in [-0.05, 0) is 42.5 Å². The third kappa shape index (κ3) is 4.07. The van der Waals surface area contributed by atoms with Gasteiger partial charge in [0.15, 0.2) is 5.96 Å². The second kappa shape index (κ2) is 7.54. The molecule has 1 aliphatic rings. The number of nitrogens with two attached hydrogens (primary N) is 1. The van der Waals surface area contributed by atoms with E-state index >= 15 is 0 Å². The van der Waals surface area contributed by atoms with Gasteiger partial charge in [0.2, 0.25) is 0 Å². The molecule has 1 heterocycles. The summed E-state index contributed by atoms with van der Waals surface area (Å²) in [7, 11) is 0. The van der Waals surface area contributed by atoms with Crippen LogP contribution in [0.1, 0.15) is 28.0 Å². The number of fused-ring (bicyclic) bond motifs is 1. The predicted octanol–water partition coefficient (Wildman–Crippen LogP) is 1.12. The molecule has 1 aromatic carbocycles. The number of nitrogens with zero attached hydrogens (tertiary/aromatic N) is 3. The van der Waals surface area contributed by atoms with E-state index in [0.717, 1.165) is 18.5 Å². The van der Waals surface area contributed by atoms with E-state index in [1.807, 2.05) is 6.07 Å². The average molecular weight is 324 g/mol. The minimum atomic E-state index is -0.275. The first-order valence-corrected chi connectivity index (χ1v) is 7.95. The van der Waals surface area contributed by atoms with Crippen molar-refractivity contribution in [2.75, 3.05) is 18.4 Å². The van der Waals surface area contributed by atoms with Crippen molar-refractivity contribution in [3.63, 3.8) is 0 Å². The van der Waals surface area contributed by atoms with Gasteiger partial charge in [0, 0.05) is 24.6 Å². The lowest BCUT2D eigenvalue weighted by molar-refractivity contribution is 0.0949. The molecule has 0 saturated carbocycles. The van der Waals surface area contributed by atoms with Crippen LogP contribution in [0.5, 0.6) is 0 Å². The molecule has 124 valence electrons. The van der Waals surface area contributed by atoms with Gasteiger partial charge in [-0.1, -0.05) is 6.07 Å². The van der Waals surface area contributed by atoms with Gasteiger partial charge in [-0.15, -0.1) is 0 Å². The summed E-state index contributed by atoms with van der Waals surface area (Å²) in [4.78, 5) is 23.8. The number of aliphatic imine (C=N–C) groups is 1. The van der Waals surface area contributed by atoms with Crippen molar-refractivity contribution >= 4 is 17.6 Å². The van der Waals surface area contributed by atoms with Crippen molar-refractivity contribution in [2.24, 2.45) is 10.7 Å². The second-order valence-corrected chi connectivity index (χ2v) is 5.58. The Morgan fingerprint density at radius 2 is 2.12 bits per heavy atom. The molecule has 0 fully saturated rings. The van der Waals surface area contributed by atoms with E-state index in [1.165, 1.54) is 36.1 Å². The number of anilines is 1. The molecule has 0 saturated heterocycles. The number of hydrogen-bond acceptors (Lipinski definition) is 4. The fraction of sp³-hybridized carbons (Fsp3) is 0.294. The van der Waals surface area contributed by atoms with E-state index in [4.69, 9.17) is 5.73 Å². The molecule has 3 rings (SSSR count). The maximum absolute atomic E-state index is 11.8. The number of benzene rings is 1. The number of guanidine groups is 1. The highest BCUT2D eigenvalue weighted by Gasteiger charge is 2.10. The van der Waals surface area contributed by atoms with Gasteiger partial charge in [-0.2, -0.15) is 0 Å². The van der Waals surface area contributed by atoms with Crippen LogP contribution in [0.25, 0.3) is 0 Å². The zero-order chi connectivity index (χ0) is 16.8. The monoisotopic (exact) mass is 324 g/mol. The Morgan fingerprint density at radius 1 is 1.25 bits per heavy atom. The van der Waals surface area contributed by atoms with Crippen LogP contribution in [-0.2, 0) is 12.8 Å². The summed E-state index contributed by atoms with van der Waals surface area (Å²) in [6, 6.07) is 6.28. The van der Waals surface area contributed by atoms with Crippen LogP contribution in [0.4, 0.5) is 5.69 Å². The van der Waals surface area contributed by atoms with E-state index in [2.05, 4.69) is 37.7 Å². The first-order chi connectivity index (χ1) is 11.7. The Balaban J connectivity index is 1.46. The van der Waals surface area contributed by atoms with Crippen LogP contribution >= 0.6 is 0 Å². The number of aryl methyl sites for hydroxylation is 2. The van der Waals surface area contributed by atoms with Crippen molar-refractivity contribution in [3.05, 3.63) is 53.6 Å². The molecule has 2 aromatic rings. The minimum Gasteiger partial charge on any atom is -0.370 e.